The SMILES string of the molecule is [c]1c(C2NCCN2)ccc2ccccc12. The van der Waals surface area contributed by atoms with Crippen molar-refractivity contribution in [3.05, 3.63) is 48.0 Å². The molecule has 1 saturated heterocycles. The van der Waals surface area contributed by atoms with E-state index < -0.39 is 0 Å². The Kier molecular flexibility index (Phi) is 2.16. The van der Waals surface area contributed by atoms with Crippen molar-refractivity contribution in [2.45, 2.75) is 6.17 Å². The molecule has 0 aromatic heterocycles. The maximum Gasteiger partial charge on any atom is 0.0842 e. The van der Waals surface area contributed by atoms with Gasteiger partial charge in [-0.05, 0) is 22.4 Å². The number of hydrogen-bond acceptors (Lipinski definition) is 2. The Morgan fingerprint density at radius 3 is 2.67 bits per heavy atom. The van der Waals surface area contributed by atoms with Crippen LogP contribution in [0.25, 0.3) is 10.8 Å². The van der Waals surface area contributed by atoms with Crippen molar-refractivity contribution in [3.8, 4) is 0 Å². The molecule has 2 aromatic rings. The molecule has 2 heteroatoms. The van der Waals surface area contributed by atoms with Crippen LogP contribution in [0.3, 0.4) is 0 Å². The van der Waals surface area contributed by atoms with Crippen LogP contribution in [0.4, 0.5) is 0 Å². The minimum absolute atomic E-state index is 0.273. The van der Waals surface area contributed by atoms with Crippen molar-refractivity contribution in [2.24, 2.45) is 0 Å². The second-order valence-corrected chi connectivity index (χ2v) is 3.84. The van der Waals surface area contributed by atoms with E-state index in [9.17, 15) is 0 Å². The van der Waals surface area contributed by atoms with Crippen LogP contribution in [-0.2, 0) is 0 Å². The van der Waals surface area contributed by atoms with Crippen molar-refractivity contribution in [1.82, 2.24) is 10.6 Å². The topological polar surface area (TPSA) is 24.1 Å². The van der Waals surface area contributed by atoms with Crippen molar-refractivity contribution in [2.75, 3.05) is 13.1 Å². The standard InChI is InChI=1S/C13H13N2/c1-2-4-11-9-12(6-5-10(11)3-1)13-14-7-8-15-13/h1-6,13-15H,7-8H2. The summed E-state index contributed by atoms with van der Waals surface area (Å²) in [6, 6.07) is 16.1. The molecular formula is C13H13N2. The second-order valence-electron chi connectivity index (χ2n) is 3.84. The van der Waals surface area contributed by atoms with Crippen LogP contribution in [0, 0.1) is 6.07 Å². The van der Waals surface area contributed by atoms with Gasteiger partial charge < -0.3 is 0 Å². The fraction of sp³-hybridized carbons (Fsp3) is 0.231. The molecule has 0 bridgehead atoms. The lowest BCUT2D eigenvalue weighted by Crippen LogP contribution is -2.21. The number of nitrogens with one attached hydrogen (secondary N) is 2. The molecule has 75 valence electrons. The Morgan fingerprint density at radius 2 is 1.80 bits per heavy atom. The highest BCUT2D eigenvalue weighted by Crippen LogP contribution is 2.19. The smallest absolute Gasteiger partial charge is 0.0842 e. The number of fused-ring (bicyclic) bond motifs is 1. The minimum Gasteiger partial charge on any atom is -0.297 e. The summed E-state index contributed by atoms with van der Waals surface area (Å²) in [6.45, 7) is 2.07. The molecule has 0 amide bonds. The van der Waals surface area contributed by atoms with Crippen molar-refractivity contribution >= 4 is 10.8 Å². The number of hydrogen-bond donors (Lipinski definition) is 2. The number of rotatable bonds is 1. The van der Waals surface area contributed by atoms with Crippen LogP contribution in [-0.4, -0.2) is 13.1 Å². The predicted molar refractivity (Wildman–Crippen MR) is 61.5 cm³/mol. The first kappa shape index (κ1) is 8.89. The lowest BCUT2D eigenvalue weighted by Gasteiger charge is -2.11. The fourth-order valence-electron chi connectivity index (χ4n) is 2.03. The molecule has 1 fully saturated rings. The van der Waals surface area contributed by atoms with E-state index in [0.717, 1.165) is 13.1 Å². The molecule has 0 unspecified atom stereocenters. The predicted octanol–water partition coefficient (Wildman–Crippen LogP) is 1.83. The summed E-state index contributed by atoms with van der Waals surface area (Å²) in [7, 11) is 0. The van der Waals surface area contributed by atoms with Gasteiger partial charge in [-0.3, -0.25) is 10.6 Å². The van der Waals surface area contributed by atoms with Gasteiger partial charge in [-0.15, -0.1) is 0 Å². The highest BCUT2D eigenvalue weighted by Gasteiger charge is 2.14. The van der Waals surface area contributed by atoms with Gasteiger partial charge in [-0.1, -0.05) is 36.4 Å². The molecule has 2 aromatic carbocycles. The maximum absolute atomic E-state index is 3.44. The molecule has 1 aliphatic heterocycles. The van der Waals surface area contributed by atoms with Crippen molar-refractivity contribution in [1.29, 1.82) is 0 Å². The molecule has 1 aliphatic rings. The van der Waals surface area contributed by atoms with Gasteiger partial charge in [0.1, 0.15) is 0 Å². The average Bonchev–Trinajstić information content (AvgIpc) is 2.82. The summed E-state index contributed by atoms with van der Waals surface area (Å²) in [5.41, 5.74) is 1.20. The van der Waals surface area contributed by atoms with E-state index in [-0.39, 0.29) is 6.17 Å². The van der Waals surface area contributed by atoms with E-state index in [1.165, 1.54) is 16.3 Å². The zero-order chi connectivity index (χ0) is 10.1. The Labute approximate surface area is 89.3 Å². The average molecular weight is 197 g/mol. The Balaban J connectivity index is 2.05. The molecule has 2 N–H and O–H groups in total. The molecular weight excluding hydrogens is 184 g/mol. The van der Waals surface area contributed by atoms with Gasteiger partial charge in [0.15, 0.2) is 0 Å². The highest BCUT2D eigenvalue weighted by atomic mass is 15.2. The molecule has 0 spiro atoms. The van der Waals surface area contributed by atoms with Gasteiger partial charge >= 0.3 is 0 Å². The monoisotopic (exact) mass is 197 g/mol. The fourth-order valence-corrected chi connectivity index (χ4v) is 2.03. The largest absolute Gasteiger partial charge is 0.297 e. The van der Waals surface area contributed by atoms with E-state index in [1.54, 1.807) is 0 Å². The van der Waals surface area contributed by atoms with Crippen LogP contribution in [0.5, 0.6) is 0 Å². The third kappa shape index (κ3) is 1.62. The molecule has 0 atom stereocenters. The zero-order valence-electron chi connectivity index (χ0n) is 8.46. The molecule has 1 radical (unpaired) electrons. The minimum atomic E-state index is 0.273. The van der Waals surface area contributed by atoms with Gasteiger partial charge in [0, 0.05) is 13.1 Å². The van der Waals surface area contributed by atoms with Gasteiger partial charge in [-0.2, -0.15) is 0 Å². The third-order valence-corrected chi connectivity index (χ3v) is 2.82. The van der Waals surface area contributed by atoms with Gasteiger partial charge in [0.05, 0.1) is 6.17 Å². The first-order valence-electron chi connectivity index (χ1n) is 5.31. The Hall–Kier alpha value is -1.38. The van der Waals surface area contributed by atoms with Crippen LogP contribution in [0.15, 0.2) is 36.4 Å². The van der Waals surface area contributed by atoms with Crippen molar-refractivity contribution in [3.63, 3.8) is 0 Å². The molecule has 0 saturated carbocycles. The summed E-state index contributed by atoms with van der Waals surface area (Å²) in [6.07, 6.45) is 0.273. The van der Waals surface area contributed by atoms with Crippen LogP contribution in [0.1, 0.15) is 11.7 Å². The summed E-state index contributed by atoms with van der Waals surface area (Å²) in [5.74, 6) is 0. The van der Waals surface area contributed by atoms with Gasteiger partial charge in [-0.25, -0.2) is 0 Å². The lowest BCUT2D eigenvalue weighted by molar-refractivity contribution is 0.588. The van der Waals surface area contributed by atoms with Gasteiger partial charge in [0.25, 0.3) is 0 Å². The van der Waals surface area contributed by atoms with E-state index in [4.69, 9.17) is 0 Å². The molecule has 3 rings (SSSR count). The van der Waals surface area contributed by atoms with E-state index in [2.05, 4.69) is 53.1 Å². The molecule has 2 nitrogen and oxygen atoms in total. The zero-order valence-corrected chi connectivity index (χ0v) is 8.46. The summed E-state index contributed by atoms with van der Waals surface area (Å²) in [4.78, 5) is 0. The second kappa shape index (κ2) is 3.65. The first-order valence-corrected chi connectivity index (χ1v) is 5.31. The summed E-state index contributed by atoms with van der Waals surface area (Å²) < 4.78 is 0. The van der Waals surface area contributed by atoms with E-state index in [0.29, 0.717) is 0 Å². The highest BCUT2D eigenvalue weighted by molar-refractivity contribution is 5.82. The summed E-state index contributed by atoms with van der Waals surface area (Å²) in [5, 5.41) is 9.23. The van der Waals surface area contributed by atoms with Crippen molar-refractivity contribution < 1.29 is 0 Å². The Morgan fingerprint density at radius 1 is 1.00 bits per heavy atom. The van der Waals surface area contributed by atoms with Gasteiger partial charge in [0.2, 0.25) is 0 Å². The Bertz CT molecular complexity index is 473. The van der Waals surface area contributed by atoms with E-state index >= 15 is 0 Å². The van der Waals surface area contributed by atoms with Crippen LogP contribution >= 0.6 is 0 Å². The normalized spacial score (nSPS) is 17.3. The molecule has 15 heavy (non-hydrogen) atoms. The first-order chi connectivity index (χ1) is 7.43. The molecule has 1 heterocycles. The maximum atomic E-state index is 3.44. The quantitative estimate of drug-likeness (QED) is 0.729. The van der Waals surface area contributed by atoms with Crippen LogP contribution in [0.2, 0.25) is 0 Å². The third-order valence-electron chi connectivity index (χ3n) is 2.82. The van der Waals surface area contributed by atoms with E-state index in [1.807, 2.05) is 0 Å². The number of benzene rings is 2. The molecule has 0 aliphatic carbocycles. The van der Waals surface area contributed by atoms with Crippen LogP contribution < -0.4 is 10.6 Å². The summed E-state index contributed by atoms with van der Waals surface area (Å²) >= 11 is 0. The lowest BCUT2D eigenvalue weighted by atomic mass is 10.1.